The molecule has 1 unspecified atom stereocenters. The summed E-state index contributed by atoms with van der Waals surface area (Å²) in [5.74, 6) is -0.298. The summed E-state index contributed by atoms with van der Waals surface area (Å²) in [7, 11) is -4.40. The lowest BCUT2D eigenvalue weighted by Crippen LogP contribution is -2.66. The van der Waals surface area contributed by atoms with Crippen molar-refractivity contribution < 1.29 is 24.9 Å². The van der Waals surface area contributed by atoms with Gasteiger partial charge in [-0.15, -0.1) is 11.6 Å². The highest BCUT2D eigenvalue weighted by molar-refractivity contribution is 7.51. The second-order valence-electron chi connectivity index (χ2n) is 2.93. The predicted octanol–water partition coefficient (Wildman–Crippen LogP) is -1.27. The van der Waals surface area contributed by atoms with E-state index in [1.807, 2.05) is 0 Å². The van der Waals surface area contributed by atoms with Gasteiger partial charge in [0.05, 0.1) is 5.88 Å². The molecule has 7 heteroatoms. The molecular formula is C6H13ClNO4P. The van der Waals surface area contributed by atoms with Crippen molar-refractivity contribution in [1.29, 1.82) is 0 Å². The first kappa shape index (κ1) is 13.1. The lowest BCUT2D eigenvalue weighted by Gasteiger charge is -2.23. The molecule has 0 saturated heterocycles. The summed E-state index contributed by atoms with van der Waals surface area (Å²) in [6.07, 6.45) is -0.238. The molecule has 78 valence electrons. The van der Waals surface area contributed by atoms with E-state index in [9.17, 15) is 14.3 Å². The molecule has 3 atom stereocenters. The number of quaternary nitrogens is 1. The normalized spacial score (nSPS) is 20.4. The number of halogens is 1. The van der Waals surface area contributed by atoms with Gasteiger partial charge in [0, 0.05) is 12.1 Å². The maximum atomic E-state index is 11.1. The van der Waals surface area contributed by atoms with Crippen LogP contribution in [0.1, 0.15) is 13.3 Å². The molecule has 0 aliphatic heterocycles. The second-order valence-corrected chi connectivity index (χ2v) is 5.25. The first-order valence-electron chi connectivity index (χ1n) is 3.74. The summed E-state index contributed by atoms with van der Waals surface area (Å²) >= 11 is 5.35. The standard InChI is InChI=1S/C6H13ClNO4P/c1-4(13(10,11)12)2-6(9)5(8)3-7/h4-5H,2-3,8H2,1H3,(H2,10,11,12)/t4-,5+/m1/s1. The van der Waals surface area contributed by atoms with Crippen LogP contribution in [-0.2, 0) is 9.36 Å². The van der Waals surface area contributed by atoms with Gasteiger partial charge >= 0.3 is 0 Å². The number of hydrogen-bond donors (Lipinski definition) is 2. The molecule has 0 bridgehead atoms. The first-order chi connectivity index (χ1) is 5.79. The minimum atomic E-state index is -4.40. The third-order valence-electron chi connectivity index (χ3n) is 1.70. The highest BCUT2D eigenvalue weighted by Gasteiger charge is 2.23. The summed E-state index contributed by atoms with van der Waals surface area (Å²) in [5.41, 5.74) is 2.37. The molecule has 0 aromatic carbocycles. The van der Waals surface area contributed by atoms with Gasteiger partial charge in [0.15, 0.2) is 11.8 Å². The zero-order valence-corrected chi connectivity index (χ0v) is 8.92. The van der Waals surface area contributed by atoms with Gasteiger partial charge in [-0.25, -0.2) is 0 Å². The van der Waals surface area contributed by atoms with Gasteiger partial charge < -0.3 is 20.1 Å². The molecule has 0 radical (unpaired) electrons. The first-order valence-corrected chi connectivity index (χ1v) is 5.92. The lowest BCUT2D eigenvalue weighted by molar-refractivity contribution is -0.396. The maximum Gasteiger partial charge on any atom is 0.191 e. The highest BCUT2D eigenvalue weighted by Crippen LogP contribution is 2.37. The average molecular weight is 230 g/mol. The number of hydrogen-bond acceptors (Lipinski definition) is 3. The molecule has 0 spiro atoms. The van der Waals surface area contributed by atoms with Gasteiger partial charge in [-0.1, -0.05) is 6.92 Å². The van der Waals surface area contributed by atoms with E-state index in [0.29, 0.717) is 0 Å². The largest absolute Gasteiger partial charge is 0.778 e. The quantitative estimate of drug-likeness (QED) is 0.453. The third kappa shape index (κ3) is 4.74. The lowest BCUT2D eigenvalue weighted by atomic mass is 10.1. The SMILES string of the molecule is C[C@H](CC(=O)[C@@H]([NH3+])CCl)P(=O)([O-])O. The second kappa shape index (κ2) is 5.08. The number of rotatable bonds is 5. The van der Waals surface area contributed by atoms with Crippen LogP contribution in [0.25, 0.3) is 0 Å². The molecule has 5 nitrogen and oxygen atoms in total. The van der Waals surface area contributed by atoms with Crippen molar-refractivity contribution in [2.24, 2.45) is 0 Å². The fraction of sp³-hybridized carbons (Fsp3) is 0.833. The highest BCUT2D eigenvalue weighted by atomic mass is 35.5. The molecule has 0 heterocycles. The Morgan fingerprint density at radius 3 is 2.54 bits per heavy atom. The molecule has 0 aliphatic carbocycles. The van der Waals surface area contributed by atoms with Crippen LogP contribution < -0.4 is 10.6 Å². The Bertz CT molecular complexity index is 229. The summed E-state index contributed by atoms with van der Waals surface area (Å²) < 4.78 is 10.6. The van der Waals surface area contributed by atoms with Crippen molar-refractivity contribution >= 4 is 25.0 Å². The van der Waals surface area contributed by atoms with E-state index in [1.54, 1.807) is 0 Å². The topological polar surface area (TPSA) is 105 Å². The van der Waals surface area contributed by atoms with E-state index in [-0.39, 0.29) is 18.1 Å². The molecular weight excluding hydrogens is 216 g/mol. The number of carbonyl (C=O) groups excluding carboxylic acids is 1. The van der Waals surface area contributed by atoms with Crippen molar-refractivity contribution in [1.82, 2.24) is 0 Å². The maximum absolute atomic E-state index is 11.1. The summed E-state index contributed by atoms with van der Waals surface area (Å²) in [5, 5.41) is 0. The van der Waals surface area contributed by atoms with Crippen LogP contribution in [0.15, 0.2) is 0 Å². The molecule has 4 N–H and O–H groups in total. The van der Waals surface area contributed by atoms with Crippen molar-refractivity contribution in [3.05, 3.63) is 0 Å². The monoisotopic (exact) mass is 229 g/mol. The smallest absolute Gasteiger partial charge is 0.191 e. The Kier molecular flexibility index (Phi) is 5.10. The van der Waals surface area contributed by atoms with Crippen molar-refractivity contribution in [2.75, 3.05) is 5.88 Å². The number of Topliss-reactive ketones (excluding diaryl/α,β-unsaturated/α-hetero) is 1. The van der Waals surface area contributed by atoms with Crippen LogP contribution >= 0.6 is 19.2 Å². The Morgan fingerprint density at radius 2 is 2.23 bits per heavy atom. The van der Waals surface area contributed by atoms with Crippen LogP contribution in [0.5, 0.6) is 0 Å². The van der Waals surface area contributed by atoms with Crippen molar-refractivity contribution in [3.63, 3.8) is 0 Å². The van der Waals surface area contributed by atoms with E-state index in [2.05, 4.69) is 5.73 Å². The number of alkyl halides is 1. The Balaban J connectivity index is 4.15. The Labute approximate surface area is 81.4 Å². The van der Waals surface area contributed by atoms with Gasteiger partial charge in [0.25, 0.3) is 0 Å². The molecule has 13 heavy (non-hydrogen) atoms. The fourth-order valence-electron chi connectivity index (χ4n) is 0.659. The van der Waals surface area contributed by atoms with Crippen LogP contribution in [0, 0.1) is 0 Å². The Hall–Kier alpha value is 0.0700. The van der Waals surface area contributed by atoms with Crippen LogP contribution in [0.4, 0.5) is 0 Å². The van der Waals surface area contributed by atoms with E-state index in [1.165, 1.54) is 6.92 Å². The summed E-state index contributed by atoms with van der Waals surface area (Å²) in [4.78, 5) is 30.3. The van der Waals surface area contributed by atoms with Crippen LogP contribution in [-0.4, -0.2) is 28.3 Å². The van der Waals surface area contributed by atoms with Crippen LogP contribution in [0.3, 0.4) is 0 Å². The number of carbonyl (C=O) groups is 1. The molecule has 0 fully saturated rings. The van der Waals surface area contributed by atoms with Gasteiger partial charge in [-0.2, -0.15) is 0 Å². The van der Waals surface area contributed by atoms with Gasteiger partial charge in [0.1, 0.15) is 7.60 Å². The van der Waals surface area contributed by atoms with E-state index >= 15 is 0 Å². The minimum absolute atomic E-state index is 0.0557. The molecule has 0 rings (SSSR count). The Morgan fingerprint density at radius 1 is 1.77 bits per heavy atom. The molecule has 0 aliphatic rings. The van der Waals surface area contributed by atoms with Gasteiger partial charge in [-0.05, 0) is 0 Å². The van der Waals surface area contributed by atoms with Crippen molar-refractivity contribution in [2.45, 2.75) is 25.0 Å². The zero-order valence-electron chi connectivity index (χ0n) is 7.27. The van der Waals surface area contributed by atoms with E-state index in [4.69, 9.17) is 16.5 Å². The summed E-state index contributed by atoms with van der Waals surface area (Å²) in [6, 6.07) is -0.615. The molecule has 0 aromatic heterocycles. The van der Waals surface area contributed by atoms with E-state index in [0.717, 1.165) is 0 Å². The minimum Gasteiger partial charge on any atom is -0.778 e. The zero-order chi connectivity index (χ0) is 10.6. The average Bonchev–Trinajstić information content (AvgIpc) is 2.01. The summed E-state index contributed by atoms with van der Waals surface area (Å²) in [6.45, 7) is 1.27. The van der Waals surface area contributed by atoms with Crippen molar-refractivity contribution in [3.8, 4) is 0 Å². The third-order valence-corrected chi connectivity index (χ3v) is 3.36. The fourth-order valence-corrected chi connectivity index (χ4v) is 1.24. The van der Waals surface area contributed by atoms with Gasteiger partial charge in [-0.3, -0.25) is 4.79 Å². The number of ketones is 1. The van der Waals surface area contributed by atoms with Crippen LogP contribution in [0.2, 0.25) is 0 Å². The molecule has 0 amide bonds. The van der Waals surface area contributed by atoms with E-state index < -0.39 is 19.3 Å². The van der Waals surface area contributed by atoms with Gasteiger partial charge in [0.2, 0.25) is 0 Å². The predicted molar refractivity (Wildman–Crippen MR) is 46.3 cm³/mol. The molecule has 0 aromatic rings. The molecule has 0 saturated carbocycles.